The van der Waals surface area contributed by atoms with Crippen molar-refractivity contribution in [2.75, 3.05) is 11.1 Å². The highest BCUT2D eigenvalue weighted by atomic mass is 127. The van der Waals surface area contributed by atoms with Gasteiger partial charge in [-0.15, -0.1) is 0 Å². The third kappa shape index (κ3) is 2.96. The molecule has 0 bridgehead atoms. The Labute approximate surface area is 112 Å². The molecule has 0 fully saturated rings. The number of anilines is 2. The van der Waals surface area contributed by atoms with E-state index in [-0.39, 0.29) is 5.91 Å². The van der Waals surface area contributed by atoms with Gasteiger partial charge in [0.1, 0.15) is 0 Å². The lowest BCUT2D eigenvalue weighted by Crippen LogP contribution is -2.12. The molecule has 6 heteroatoms. The van der Waals surface area contributed by atoms with Gasteiger partial charge in [-0.1, -0.05) is 0 Å². The maximum Gasteiger partial charge on any atom is 0.255 e. The number of benzene rings is 1. The van der Waals surface area contributed by atoms with Crippen LogP contribution in [0.2, 0.25) is 0 Å². The quantitative estimate of drug-likeness (QED) is 0.646. The van der Waals surface area contributed by atoms with Crippen LogP contribution in [0.3, 0.4) is 0 Å². The molecule has 3 N–H and O–H groups in total. The molecule has 2 rings (SSSR count). The van der Waals surface area contributed by atoms with E-state index in [2.05, 4.69) is 33.0 Å². The van der Waals surface area contributed by atoms with Gasteiger partial charge in [-0.3, -0.25) is 9.48 Å². The van der Waals surface area contributed by atoms with Crippen LogP contribution in [0.4, 0.5) is 11.4 Å². The van der Waals surface area contributed by atoms with Crippen molar-refractivity contribution in [3.63, 3.8) is 0 Å². The van der Waals surface area contributed by atoms with E-state index in [1.165, 1.54) is 0 Å². The Morgan fingerprint density at radius 3 is 2.82 bits per heavy atom. The van der Waals surface area contributed by atoms with Crippen molar-refractivity contribution in [1.29, 1.82) is 0 Å². The van der Waals surface area contributed by atoms with Crippen molar-refractivity contribution < 1.29 is 4.79 Å². The molecule has 0 atom stereocenters. The monoisotopic (exact) mass is 342 g/mol. The Morgan fingerprint density at radius 2 is 2.24 bits per heavy atom. The molecule has 88 valence electrons. The molecule has 0 aliphatic heterocycles. The first-order chi connectivity index (χ1) is 8.04. The Morgan fingerprint density at radius 1 is 1.47 bits per heavy atom. The number of hydrogen-bond acceptors (Lipinski definition) is 3. The van der Waals surface area contributed by atoms with E-state index >= 15 is 0 Å². The molecule has 0 aliphatic rings. The van der Waals surface area contributed by atoms with Crippen molar-refractivity contribution >= 4 is 39.9 Å². The third-order valence-electron chi connectivity index (χ3n) is 2.15. The predicted octanol–water partition coefficient (Wildman–Crippen LogP) is 1.86. The first-order valence-electron chi connectivity index (χ1n) is 4.90. The molecule has 1 aromatic carbocycles. The summed E-state index contributed by atoms with van der Waals surface area (Å²) in [6, 6.07) is 5.23. The second-order valence-corrected chi connectivity index (χ2v) is 4.88. The lowest BCUT2D eigenvalue weighted by atomic mass is 10.2. The molecule has 2 aromatic rings. The van der Waals surface area contributed by atoms with Gasteiger partial charge in [-0.25, -0.2) is 0 Å². The summed E-state index contributed by atoms with van der Waals surface area (Å²) in [7, 11) is 1.79. The van der Waals surface area contributed by atoms with E-state index in [1.54, 1.807) is 42.3 Å². The van der Waals surface area contributed by atoms with Gasteiger partial charge in [0.05, 0.1) is 11.9 Å². The van der Waals surface area contributed by atoms with Crippen LogP contribution in [-0.2, 0) is 7.05 Å². The minimum absolute atomic E-state index is 0.191. The first-order valence-corrected chi connectivity index (χ1v) is 5.98. The highest BCUT2D eigenvalue weighted by Gasteiger charge is 2.08. The Bertz CT molecular complexity index is 544. The average Bonchev–Trinajstić information content (AvgIpc) is 2.62. The van der Waals surface area contributed by atoms with Crippen LogP contribution in [0.15, 0.2) is 30.6 Å². The van der Waals surface area contributed by atoms with Crippen molar-refractivity contribution in [2.24, 2.45) is 7.05 Å². The molecule has 0 saturated carbocycles. The van der Waals surface area contributed by atoms with Gasteiger partial charge in [0.2, 0.25) is 0 Å². The molecule has 0 radical (unpaired) electrons. The summed E-state index contributed by atoms with van der Waals surface area (Å²) in [5.74, 6) is -0.191. The lowest BCUT2D eigenvalue weighted by molar-refractivity contribution is 0.102. The molecule has 1 heterocycles. The van der Waals surface area contributed by atoms with Crippen LogP contribution in [0, 0.1) is 3.57 Å². The molecule has 1 aromatic heterocycles. The maximum absolute atomic E-state index is 11.9. The molecule has 17 heavy (non-hydrogen) atoms. The smallest absolute Gasteiger partial charge is 0.255 e. The number of nitrogens with zero attached hydrogens (tertiary/aromatic N) is 2. The minimum atomic E-state index is -0.191. The van der Waals surface area contributed by atoms with Gasteiger partial charge in [-0.2, -0.15) is 5.10 Å². The number of nitrogen functional groups attached to an aromatic ring is 1. The second kappa shape index (κ2) is 4.74. The predicted molar refractivity (Wildman–Crippen MR) is 74.7 cm³/mol. The van der Waals surface area contributed by atoms with Gasteiger partial charge in [-0.05, 0) is 40.8 Å². The summed E-state index contributed by atoms with van der Waals surface area (Å²) in [5, 5.41) is 6.73. The van der Waals surface area contributed by atoms with Crippen LogP contribution in [0.5, 0.6) is 0 Å². The minimum Gasteiger partial charge on any atom is -0.399 e. The van der Waals surface area contributed by atoms with E-state index < -0.39 is 0 Å². The van der Waals surface area contributed by atoms with Crippen LogP contribution in [0.1, 0.15) is 10.4 Å². The number of carbonyl (C=O) groups is 1. The maximum atomic E-state index is 11.9. The SMILES string of the molecule is Cn1cc(NC(=O)c2cc(N)cc(I)c2)cn1. The van der Waals surface area contributed by atoms with Crippen LogP contribution < -0.4 is 11.1 Å². The number of amides is 1. The summed E-state index contributed by atoms with van der Waals surface area (Å²) < 4.78 is 2.55. The van der Waals surface area contributed by atoms with E-state index in [0.29, 0.717) is 16.9 Å². The molecule has 0 aliphatic carbocycles. The molecular weight excluding hydrogens is 331 g/mol. The Kier molecular flexibility index (Phi) is 3.32. The zero-order chi connectivity index (χ0) is 12.4. The van der Waals surface area contributed by atoms with E-state index in [4.69, 9.17) is 5.73 Å². The zero-order valence-corrected chi connectivity index (χ0v) is 11.3. The molecule has 5 nitrogen and oxygen atoms in total. The lowest BCUT2D eigenvalue weighted by Gasteiger charge is -2.04. The fourth-order valence-electron chi connectivity index (χ4n) is 1.43. The summed E-state index contributed by atoms with van der Waals surface area (Å²) in [6.07, 6.45) is 3.32. The fraction of sp³-hybridized carbons (Fsp3) is 0.0909. The summed E-state index contributed by atoms with van der Waals surface area (Å²) in [4.78, 5) is 11.9. The van der Waals surface area contributed by atoms with E-state index in [0.717, 1.165) is 3.57 Å². The number of halogens is 1. The number of rotatable bonds is 2. The average molecular weight is 342 g/mol. The number of aromatic nitrogens is 2. The topological polar surface area (TPSA) is 72.9 Å². The molecule has 1 amide bonds. The van der Waals surface area contributed by atoms with Gasteiger partial charge in [0.25, 0.3) is 5.91 Å². The number of nitrogens with one attached hydrogen (secondary N) is 1. The van der Waals surface area contributed by atoms with E-state index in [9.17, 15) is 4.79 Å². The van der Waals surface area contributed by atoms with Gasteiger partial charge in [0.15, 0.2) is 0 Å². The van der Waals surface area contributed by atoms with Crippen LogP contribution >= 0.6 is 22.6 Å². The number of hydrogen-bond donors (Lipinski definition) is 2. The largest absolute Gasteiger partial charge is 0.399 e. The highest BCUT2D eigenvalue weighted by Crippen LogP contribution is 2.15. The van der Waals surface area contributed by atoms with Gasteiger partial charge >= 0.3 is 0 Å². The van der Waals surface area contributed by atoms with Gasteiger partial charge < -0.3 is 11.1 Å². The summed E-state index contributed by atoms with van der Waals surface area (Å²) in [5.41, 5.74) is 7.47. The molecular formula is C11H11IN4O. The number of nitrogens with two attached hydrogens (primary N) is 1. The first kappa shape index (κ1) is 11.9. The van der Waals surface area contributed by atoms with Crippen molar-refractivity contribution in [2.45, 2.75) is 0 Å². The standard InChI is InChI=1S/C11H11IN4O/c1-16-6-10(5-14-16)15-11(17)7-2-8(12)4-9(13)3-7/h2-6H,13H2,1H3,(H,15,17). The van der Waals surface area contributed by atoms with Crippen molar-refractivity contribution in [1.82, 2.24) is 9.78 Å². The number of aryl methyl sites for hydroxylation is 1. The molecule has 0 spiro atoms. The zero-order valence-electron chi connectivity index (χ0n) is 9.14. The Hall–Kier alpha value is -1.57. The molecule has 0 unspecified atom stereocenters. The van der Waals surface area contributed by atoms with Crippen molar-refractivity contribution in [3.05, 3.63) is 39.7 Å². The summed E-state index contributed by atoms with van der Waals surface area (Å²) >= 11 is 2.12. The summed E-state index contributed by atoms with van der Waals surface area (Å²) in [6.45, 7) is 0. The highest BCUT2D eigenvalue weighted by molar-refractivity contribution is 14.1. The normalized spacial score (nSPS) is 10.2. The van der Waals surface area contributed by atoms with Crippen LogP contribution in [0.25, 0.3) is 0 Å². The van der Waals surface area contributed by atoms with Crippen molar-refractivity contribution in [3.8, 4) is 0 Å². The number of carbonyl (C=O) groups excluding carboxylic acids is 1. The third-order valence-corrected chi connectivity index (χ3v) is 2.77. The Balaban J connectivity index is 2.19. The van der Waals surface area contributed by atoms with Gasteiger partial charge in [0, 0.05) is 28.1 Å². The van der Waals surface area contributed by atoms with E-state index in [1.807, 2.05) is 0 Å². The second-order valence-electron chi connectivity index (χ2n) is 3.63. The molecule has 0 saturated heterocycles. The van der Waals surface area contributed by atoms with Crippen LogP contribution in [-0.4, -0.2) is 15.7 Å². The fourth-order valence-corrected chi connectivity index (χ4v) is 2.13.